The predicted octanol–water partition coefficient (Wildman–Crippen LogP) is 1.83. The summed E-state index contributed by atoms with van der Waals surface area (Å²) >= 11 is 3.07. The van der Waals surface area contributed by atoms with Gasteiger partial charge in [-0.05, 0) is 38.8 Å². The fraction of sp³-hybridized carbons (Fsp3) is 0.667. The summed E-state index contributed by atoms with van der Waals surface area (Å²) in [7, 11) is 1.81. The molecule has 1 heterocycles. The molecule has 1 aromatic heterocycles. The van der Waals surface area contributed by atoms with Gasteiger partial charge in [-0.2, -0.15) is 9.64 Å². The van der Waals surface area contributed by atoms with Crippen LogP contribution in [0.25, 0.3) is 0 Å². The van der Waals surface area contributed by atoms with Gasteiger partial charge in [0.2, 0.25) is 0 Å². The quantitative estimate of drug-likeness (QED) is 0.798. The van der Waals surface area contributed by atoms with E-state index in [9.17, 15) is 0 Å². The molecule has 1 unspecified atom stereocenters. The average molecular weight is 242 g/mol. The molecule has 0 aromatic carbocycles. The number of nitrogens with zero attached hydrogens (tertiary/aromatic N) is 3. The van der Waals surface area contributed by atoms with Gasteiger partial charge in [-0.15, -0.1) is 0 Å². The van der Waals surface area contributed by atoms with E-state index in [0.717, 1.165) is 22.3 Å². The molecule has 0 radical (unpaired) electrons. The van der Waals surface area contributed by atoms with Crippen LogP contribution >= 0.6 is 23.3 Å². The zero-order valence-corrected chi connectivity index (χ0v) is 10.7. The molecule has 6 heteroatoms. The van der Waals surface area contributed by atoms with Gasteiger partial charge in [0, 0.05) is 5.75 Å². The van der Waals surface area contributed by atoms with Crippen molar-refractivity contribution in [3.63, 3.8) is 0 Å². The highest BCUT2D eigenvalue weighted by Crippen LogP contribution is 2.22. The van der Waals surface area contributed by atoms with Crippen molar-refractivity contribution in [1.82, 2.24) is 14.7 Å². The summed E-state index contributed by atoms with van der Waals surface area (Å²) in [5, 5.41) is 12.0. The molecule has 0 saturated heterocycles. The molecule has 0 saturated carbocycles. The van der Waals surface area contributed by atoms with E-state index in [-0.39, 0.29) is 0 Å². The number of rotatable bonds is 5. The van der Waals surface area contributed by atoms with E-state index in [0.29, 0.717) is 0 Å². The first-order valence-electron chi connectivity index (χ1n) is 4.63. The van der Waals surface area contributed by atoms with Crippen molar-refractivity contribution in [3.8, 4) is 6.07 Å². The number of thioether (sulfide) groups is 1. The highest BCUT2D eigenvalue weighted by Gasteiger charge is 2.20. The first-order valence-corrected chi connectivity index (χ1v) is 6.39. The van der Waals surface area contributed by atoms with Gasteiger partial charge in [0.05, 0.1) is 6.07 Å². The molecule has 0 fully saturated rings. The molecule has 0 aliphatic heterocycles. The Bertz CT molecular complexity index is 357. The smallest absolute Gasteiger partial charge is 0.170 e. The molecule has 1 N–H and O–H groups in total. The van der Waals surface area contributed by atoms with Crippen molar-refractivity contribution in [2.75, 3.05) is 12.8 Å². The lowest BCUT2D eigenvalue weighted by Gasteiger charge is -2.19. The Balaban J connectivity index is 2.37. The number of nitrogens with one attached hydrogen (secondary N) is 1. The maximum atomic E-state index is 8.94. The summed E-state index contributed by atoms with van der Waals surface area (Å²) < 4.78 is 5.08. The predicted molar refractivity (Wildman–Crippen MR) is 63.1 cm³/mol. The van der Waals surface area contributed by atoms with Gasteiger partial charge >= 0.3 is 0 Å². The van der Waals surface area contributed by atoms with Crippen LogP contribution in [-0.4, -0.2) is 27.7 Å². The third-order valence-corrected chi connectivity index (χ3v) is 4.06. The minimum Gasteiger partial charge on any atom is -0.303 e. The van der Waals surface area contributed by atoms with Crippen molar-refractivity contribution < 1.29 is 0 Å². The van der Waals surface area contributed by atoms with Crippen LogP contribution in [0, 0.1) is 18.3 Å². The molecule has 15 heavy (non-hydrogen) atoms. The topological polar surface area (TPSA) is 61.6 Å². The molecule has 0 aliphatic carbocycles. The lowest BCUT2D eigenvalue weighted by atomic mass is 10.0. The Labute approximate surface area is 98.3 Å². The van der Waals surface area contributed by atoms with Gasteiger partial charge in [-0.1, -0.05) is 11.8 Å². The van der Waals surface area contributed by atoms with Crippen LogP contribution in [0.2, 0.25) is 0 Å². The van der Waals surface area contributed by atoms with Crippen LogP contribution in [0.1, 0.15) is 19.2 Å². The minimum absolute atomic E-state index is 0.438. The van der Waals surface area contributed by atoms with E-state index >= 15 is 0 Å². The minimum atomic E-state index is -0.438. The zero-order chi connectivity index (χ0) is 11.3. The summed E-state index contributed by atoms with van der Waals surface area (Å²) in [4.78, 5) is 4.25. The maximum absolute atomic E-state index is 8.94. The molecule has 1 rings (SSSR count). The molecule has 4 nitrogen and oxygen atoms in total. The second-order valence-corrected chi connectivity index (χ2v) is 5.49. The third kappa shape index (κ3) is 3.78. The largest absolute Gasteiger partial charge is 0.303 e. The van der Waals surface area contributed by atoms with Gasteiger partial charge in [-0.3, -0.25) is 0 Å². The lowest BCUT2D eigenvalue weighted by Crippen LogP contribution is -2.38. The first-order chi connectivity index (χ1) is 7.09. The first kappa shape index (κ1) is 12.4. The molecular formula is C9H14N4S2. The van der Waals surface area contributed by atoms with Crippen LogP contribution in [-0.2, 0) is 0 Å². The Hall–Kier alpha value is -0.640. The van der Waals surface area contributed by atoms with E-state index < -0.39 is 5.54 Å². The van der Waals surface area contributed by atoms with Crippen LogP contribution in [0.4, 0.5) is 0 Å². The van der Waals surface area contributed by atoms with Gasteiger partial charge in [0.1, 0.15) is 11.4 Å². The van der Waals surface area contributed by atoms with E-state index in [2.05, 4.69) is 20.7 Å². The van der Waals surface area contributed by atoms with Crippen molar-refractivity contribution in [2.24, 2.45) is 0 Å². The number of aryl methyl sites for hydroxylation is 1. The zero-order valence-electron chi connectivity index (χ0n) is 9.07. The van der Waals surface area contributed by atoms with Crippen LogP contribution in [0.15, 0.2) is 4.34 Å². The molecular weight excluding hydrogens is 228 g/mol. The van der Waals surface area contributed by atoms with Crippen molar-refractivity contribution >= 4 is 23.3 Å². The number of hydrogen-bond acceptors (Lipinski definition) is 6. The monoisotopic (exact) mass is 242 g/mol. The summed E-state index contributed by atoms with van der Waals surface area (Å²) in [6, 6.07) is 2.26. The SMILES string of the molecule is CNC(C)(C#N)CCSc1nc(C)ns1. The second kappa shape index (κ2) is 5.45. The van der Waals surface area contributed by atoms with Gasteiger partial charge in [0.25, 0.3) is 0 Å². The second-order valence-electron chi connectivity index (χ2n) is 3.40. The molecule has 0 amide bonds. The Morgan fingerprint density at radius 2 is 2.40 bits per heavy atom. The Morgan fingerprint density at radius 3 is 2.87 bits per heavy atom. The van der Waals surface area contributed by atoms with Gasteiger partial charge in [-0.25, -0.2) is 4.98 Å². The molecule has 0 bridgehead atoms. The van der Waals surface area contributed by atoms with Gasteiger partial charge in [0.15, 0.2) is 4.34 Å². The van der Waals surface area contributed by atoms with Gasteiger partial charge < -0.3 is 5.32 Å². The van der Waals surface area contributed by atoms with E-state index in [4.69, 9.17) is 5.26 Å². The fourth-order valence-electron chi connectivity index (χ4n) is 0.916. The standard InChI is InChI=1S/C9H14N4S2/c1-7-12-8(15-13-7)14-5-4-9(2,6-10)11-3/h11H,4-5H2,1-3H3. The normalized spacial score (nSPS) is 14.5. The maximum Gasteiger partial charge on any atom is 0.170 e. The Kier molecular flexibility index (Phi) is 4.51. The van der Waals surface area contributed by atoms with E-state index in [1.807, 2.05) is 20.9 Å². The molecule has 0 spiro atoms. The highest BCUT2D eigenvalue weighted by molar-refractivity contribution is 8.00. The Morgan fingerprint density at radius 1 is 1.67 bits per heavy atom. The molecule has 1 aromatic rings. The lowest BCUT2D eigenvalue weighted by molar-refractivity contribution is 0.479. The third-order valence-electron chi connectivity index (χ3n) is 2.14. The number of aromatic nitrogens is 2. The molecule has 0 aliphatic rings. The number of hydrogen-bond donors (Lipinski definition) is 1. The summed E-state index contributed by atoms with van der Waals surface area (Å²) in [6.07, 6.45) is 0.795. The van der Waals surface area contributed by atoms with E-state index in [1.165, 1.54) is 11.5 Å². The molecule has 1 atom stereocenters. The number of nitriles is 1. The van der Waals surface area contributed by atoms with Crippen LogP contribution in [0.3, 0.4) is 0 Å². The summed E-state index contributed by atoms with van der Waals surface area (Å²) in [6.45, 7) is 3.78. The summed E-state index contributed by atoms with van der Waals surface area (Å²) in [5.74, 6) is 1.69. The van der Waals surface area contributed by atoms with Crippen molar-refractivity contribution in [2.45, 2.75) is 30.1 Å². The summed E-state index contributed by atoms with van der Waals surface area (Å²) in [5.41, 5.74) is -0.438. The van der Waals surface area contributed by atoms with Crippen LogP contribution < -0.4 is 5.32 Å². The van der Waals surface area contributed by atoms with Crippen molar-refractivity contribution in [1.29, 1.82) is 5.26 Å². The highest BCUT2D eigenvalue weighted by atomic mass is 32.2. The van der Waals surface area contributed by atoms with Crippen molar-refractivity contribution in [3.05, 3.63) is 5.82 Å². The van der Waals surface area contributed by atoms with Crippen LogP contribution in [0.5, 0.6) is 0 Å². The average Bonchev–Trinajstić information content (AvgIpc) is 2.64. The molecule has 82 valence electrons. The fourth-order valence-corrected chi connectivity index (χ4v) is 2.79. The van der Waals surface area contributed by atoms with E-state index in [1.54, 1.807) is 11.8 Å².